The maximum Gasteiger partial charge on any atom is 0.170 e. The van der Waals surface area contributed by atoms with Gasteiger partial charge in [0, 0.05) is 56.7 Å². The van der Waals surface area contributed by atoms with Crippen LogP contribution in [0.1, 0.15) is 31.2 Å². The summed E-state index contributed by atoms with van der Waals surface area (Å²) in [7, 11) is 1.73. The average Bonchev–Trinajstić information content (AvgIpc) is 3.45. The van der Waals surface area contributed by atoms with Gasteiger partial charge < -0.3 is 23.5 Å². The molecular formula is C27H34N2O4. The number of benzene rings is 2. The zero-order valence-electron chi connectivity index (χ0n) is 19.5. The van der Waals surface area contributed by atoms with Gasteiger partial charge in [-0.15, -0.1) is 0 Å². The third kappa shape index (κ3) is 5.18. The van der Waals surface area contributed by atoms with Crippen molar-refractivity contribution >= 4 is 10.9 Å². The van der Waals surface area contributed by atoms with E-state index in [0.717, 1.165) is 83.2 Å². The molecule has 33 heavy (non-hydrogen) atoms. The highest BCUT2D eigenvalue weighted by Gasteiger charge is 2.39. The molecule has 0 radical (unpaired) electrons. The van der Waals surface area contributed by atoms with Crippen LogP contribution in [0.5, 0.6) is 11.5 Å². The van der Waals surface area contributed by atoms with Crippen molar-refractivity contribution in [3.8, 4) is 11.5 Å². The Balaban J connectivity index is 1.22. The topological polar surface area (TPSA) is 45.1 Å². The fourth-order valence-electron chi connectivity index (χ4n) is 4.96. The first-order chi connectivity index (χ1) is 16.2. The smallest absolute Gasteiger partial charge is 0.170 e. The Hall–Kier alpha value is -2.54. The van der Waals surface area contributed by atoms with Crippen LogP contribution in [0.2, 0.25) is 0 Å². The molecule has 0 aliphatic carbocycles. The minimum Gasteiger partial charge on any atom is -0.497 e. The summed E-state index contributed by atoms with van der Waals surface area (Å²) in [6.07, 6.45) is 6.30. The molecule has 2 saturated heterocycles. The Morgan fingerprint density at radius 3 is 2.48 bits per heavy atom. The zero-order chi connectivity index (χ0) is 22.5. The van der Waals surface area contributed by atoms with Crippen LogP contribution >= 0.6 is 0 Å². The number of aryl methyl sites for hydroxylation is 1. The number of fused-ring (bicyclic) bond motifs is 1. The summed E-state index contributed by atoms with van der Waals surface area (Å²) < 4.78 is 25.5. The molecule has 6 nitrogen and oxygen atoms in total. The van der Waals surface area contributed by atoms with Gasteiger partial charge in [0.2, 0.25) is 0 Å². The van der Waals surface area contributed by atoms with E-state index in [9.17, 15) is 0 Å². The summed E-state index contributed by atoms with van der Waals surface area (Å²) in [4.78, 5) is 2.52. The van der Waals surface area contributed by atoms with Crippen molar-refractivity contribution < 1.29 is 18.9 Å². The summed E-state index contributed by atoms with van der Waals surface area (Å²) in [6.45, 7) is 6.10. The summed E-state index contributed by atoms with van der Waals surface area (Å²) >= 11 is 0. The number of rotatable bonds is 9. The summed E-state index contributed by atoms with van der Waals surface area (Å²) in [6, 6.07) is 16.5. The number of ether oxygens (including phenoxy) is 4. The number of para-hydroxylation sites is 1. The van der Waals surface area contributed by atoms with Crippen molar-refractivity contribution in [3.63, 3.8) is 0 Å². The quantitative estimate of drug-likeness (QED) is 0.436. The lowest BCUT2D eigenvalue weighted by atomic mass is 10.0. The predicted octanol–water partition coefficient (Wildman–Crippen LogP) is 4.85. The molecule has 2 aromatic carbocycles. The zero-order valence-corrected chi connectivity index (χ0v) is 19.5. The molecular weight excluding hydrogens is 416 g/mol. The molecule has 2 aliphatic heterocycles. The molecule has 0 N–H and O–H groups in total. The SMILES string of the molecule is COc1ccc2c(CN3CCC4(CC3)OCCO4)cn(CCCCOc3ccccc3)c2c1. The number of aromatic nitrogens is 1. The fraction of sp³-hybridized carbons (Fsp3) is 0.481. The van der Waals surface area contributed by atoms with Crippen LogP contribution in [0.4, 0.5) is 0 Å². The van der Waals surface area contributed by atoms with Gasteiger partial charge in [-0.05, 0) is 42.7 Å². The summed E-state index contributed by atoms with van der Waals surface area (Å²) in [5, 5.41) is 1.31. The molecule has 0 atom stereocenters. The third-order valence-corrected chi connectivity index (χ3v) is 6.80. The number of methoxy groups -OCH3 is 1. The minimum absolute atomic E-state index is 0.320. The van der Waals surface area contributed by atoms with Crippen molar-refractivity contribution in [1.29, 1.82) is 0 Å². The molecule has 0 saturated carbocycles. The van der Waals surface area contributed by atoms with Crippen molar-refractivity contribution in [1.82, 2.24) is 9.47 Å². The summed E-state index contributed by atoms with van der Waals surface area (Å²) in [5.41, 5.74) is 2.61. The van der Waals surface area contributed by atoms with Crippen LogP contribution in [0.25, 0.3) is 10.9 Å². The van der Waals surface area contributed by atoms with Gasteiger partial charge in [-0.3, -0.25) is 4.90 Å². The average molecular weight is 451 g/mol. The first kappa shape index (κ1) is 22.3. The van der Waals surface area contributed by atoms with Gasteiger partial charge in [0.1, 0.15) is 11.5 Å². The largest absolute Gasteiger partial charge is 0.497 e. The molecule has 176 valence electrons. The van der Waals surface area contributed by atoms with E-state index in [2.05, 4.69) is 33.9 Å². The lowest BCUT2D eigenvalue weighted by Gasteiger charge is -2.37. The number of hydrogen-bond donors (Lipinski definition) is 0. The van der Waals surface area contributed by atoms with Crippen molar-refractivity contribution in [2.24, 2.45) is 0 Å². The molecule has 5 rings (SSSR count). The van der Waals surface area contributed by atoms with Crippen LogP contribution in [0.15, 0.2) is 54.7 Å². The first-order valence-electron chi connectivity index (χ1n) is 12.1. The normalized spacial score (nSPS) is 18.2. The highest BCUT2D eigenvalue weighted by Crippen LogP contribution is 2.33. The molecule has 1 aromatic heterocycles. The molecule has 6 heteroatoms. The van der Waals surface area contributed by atoms with Crippen LogP contribution in [0, 0.1) is 0 Å². The maximum atomic E-state index is 5.90. The molecule has 0 unspecified atom stereocenters. The molecule has 0 bridgehead atoms. The van der Waals surface area contributed by atoms with Gasteiger partial charge in [-0.2, -0.15) is 0 Å². The molecule has 3 aromatic rings. The molecule has 2 aliphatic rings. The highest BCUT2D eigenvalue weighted by molar-refractivity contribution is 5.85. The van der Waals surface area contributed by atoms with Gasteiger partial charge in [0.25, 0.3) is 0 Å². The van der Waals surface area contributed by atoms with Gasteiger partial charge in [0.05, 0.1) is 32.4 Å². The predicted molar refractivity (Wildman–Crippen MR) is 129 cm³/mol. The Labute approximate surface area is 196 Å². The Kier molecular flexibility index (Phi) is 6.85. The lowest BCUT2D eigenvalue weighted by molar-refractivity contribution is -0.185. The van der Waals surface area contributed by atoms with Gasteiger partial charge in [0.15, 0.2) is 5.79 Å². The van der Waals surface area contributed by atoms with E-state index in [1.54, 1.807) is 7.11 Å². The van der Waals surface area contributed by atoms with Crippen LogP contribution in [0.3, 0.4) is 0 Å². The van der Waals surface area contributed by atoms with Gasteiger partial charge >= 0.3 is 0 Å². The first-order valence-corrected chi connectivity index (χ1v) is 12.1. The van der Waals surface area contributed by atoms with E-state index in [4.69, 9.17) is 18.9 Å². The van der Waals surface area contributed by atoms with Crippen molar-refractivity contribution in [2.75, 3.05) is 40.0 Å². The Morgan fingerprint density at radius 1 is 0.939 bits per heavy atom. The van der Waals surface area contributed by atoms with Crippen LogP contribution < -0.4 is 9.47 Å². The number of piperidine rings is 1. The molecule has 2 fully saturated rings. The van der Waals surface area contributed by atoms with E-state index >= 15 is 0 Å². The minimum atomic E-state index is -0.320. The van der Waals surface area contributed by atoms with Crippen molar-refractivity contribution in [3.05, 3.63) is 60.3 Å². The van der Waals surface area contributed by atoms with E-state index in [0.29, 0.717) is 0 Å². The van der Waals surface area contributed by atoms with Gasteiger partial charge in [-0.25, -0.2) is 0 Å². The number of nitrogens with zero attached hydrogens (tertiary/aromatic N) is 2. The Bertz CT molecular complexity index is 1030. The van der Waals surface area contributed by atoms with E-state index < -0.39 is 0 Å². The van der Waals surface area contributed by atoms with Gasteiger partial charge in [-0.1, -0.05) is 18.2 Å². The second kappa shape index (κ2) is 10.2. The second-order valence-electron chi connectivity index (χ2n) is 8.98. The number of likely N-dealkylation sites (tertiary alicyclic amines) is 1. The van der Waals surface area contributed by atoms with Crippen LogP contribution in [-0.4, -0.2) is 55.3 Å². The van der Waals surface area contributed by atoms with Crippen LogP contribution in [-0.2, 0) is 22.6 Å². The van der Waals surface area contributed by atoms with E-state index in [-0.39, 0.29) is 5.79 Å². The standard InChI is InChI=1S/C27H34N2O4/c1-30-24-9-10-25-22(20-28-14-11-27(12-15-28)32-17-18-33-27)21-29(26(25)19-24)13-5-6-16-31-23-7-3-2-4-8-23/h2-4,7-10,19,21H,5-6,11-18,20H2,1H3. The second-order valence-corrected chi connectivity index (χ2v) is 8.98. The number of unbranched alkanes of at least 4 members (excludes halogenated alkanes) is 1. The highest BCUT2D eigenvalue weighted by atomic mass is 16.7. The third-order valence-electron chi connectivity index (χ3n) is 6.80. The monoisotopic (exact) mass is 450 g/mol. The number of hydrogen-bond acceptors (Lipinski definition) is 5. The molecule has 1 spiro atoms. The van der Waals surface area contributed by atoms with E-state index in [1.807, 2.05) is 30.3 Å². The van der Waals surface area contributed by atoms with Crippen molar-refractivity contribution in [2.45, 2.75) is 44.6 Å². The Morgan fingerprint density at radius 2 is 1.73 bits per heavy atom. The lowest BCUT2D eigenvalue weighted by Crippen LogP contribution is -2.44. The molecule has 3 heterocycles. The maximum absolute atomic E-state index is 5.90. The summed E-state index contributed by atoms with van der Waals surface area (Å²) in [5.74, 6) is 1.52. The molecule has 0 amide bonds. The fourth-order valence-corrected chi connectivity index (χ4v) is 4.96. The van der Waals surface area contributed by atoms with E-state index in [1.165, 1.54) is 16.5 Å².